The summed E-state index contributed by atoms with van der Waals surface area (Å²) in [6.45, 7) is -0.0433. The van der Waals surface area contributed by atoms with Gasteiger partial charge in [0.25, 0.3) is 5.56 Å². The van der Waals surface area contributed by atoms with E-state index in [0.29, 0.717) is 27.6 Å². The molecule has 0 aliphatic rings. The van der Waals surface area contributed by atoms with Gasteiger partial charge in [-0.25, -0.2) is 4.98 Å². The number of rotatable bonds is 6. The molecule has 144 valence electrons. The number of nitrogens with zero attached hydrogens (tertiary/aromatic N) is 5. The van der Waals surface area contributed by atoms with Gasteiger partial charge in [-0.15, -0.1) is 10.2 Å². The average molecular weight is 485 g/mol. The van der Waals surface area contributed by atoms with E-state index in [1.54, 1.807) is 18.2 Å². The molecule has 0 saturated carbocycles. The van der Waals surface area contributed by atoms with Crippen molar-refractivity contribution in [1.29, 1.82) is 5.26 Å². The minimum atomic E-state index is -0.206. The van der Waals surface area contributed by atoms with Crippen LogP contribution in [0.3, 0.4) is 0 Å². The first kappa shape index (κ1) is 19.6. The monoisotopic (exact) mass is 484 g/mol. The molecule has 10 heteroatoms. The summed E-state index contributed by atoms with van der Waals surface area (Å²) in [5.74, 6) is 0.949. The van der Waals surface area contributed by atoms with Crippen LogP contribution in [0.5, 0.6) is 0 Å². The maximum atomic E-state index is 12.7. The van der Waals surface area contributed by atoms with E-state index in [1.807, 2.05) is 36.4 Å². The van der Waals surface area contributed by atoms with Crippen molar-refractivity contribution in [1.82, 2.24) is 19.7 Å². The van der Waals surface area contributed by atoms with Gasteiger partial charge in [-0.05, 0) is 30.3 Å². The largest absolute Gasteiger partial charge is 0.330 e. The highest BCUT2D eigenvalue weighted by Gasteiger charge is 2.13. The summed E-state index contributed by atoms with van der Waals surface area (Å²) in [6, 6.07) is 17.0. The molecule has 0 amide bonds. The van der Waals surface area contributed by atoms with Crippen LogP contribution in [-0.4, -0.2) is 19.7 Å². The molecule has 0 fully saturated rings. The summed E-state index contributed by atoms with van der Waals surface area (Å²) < 4.78 is 3.13. The highest BCUT2D eigenvalue weighted by atomic mass is 79.9. The third-order valence-corrected chi connectivity index (χ3v) is 6.44. The summed E-state index contributed by atoms with van der Waals surface area (Å²) in [5, 5.41) is 21.9. The number of nitriles is 1. The Morgan fingerprint density at radius 1 is 1.21 bits per heavy atom. The molecule has 1 N–H and O–H groups in total. The lowest BCUT2D eigenvalue weighted by Crippen LogP contribution is -2.24. The van der Waals surface area contributed by atoms with E-state index in [-0.39, 0.29) is 12.1 Å². The lowest BCUT2D eigenvalue weighted by molar-refractivity contribution is 0.730. The number of para-hydroxylation sites is 1. The van der Waals surface area contributed by atoms with Crippen molar-refractivity contribution >= 4 is 60.8 Å². The smallest absolute Gasteiger partial charge is 0.262 e. The standard InChI is InChI=1S/C19H13BrN6OS2/c20-12-4-3-5-13(10-12)22-18-24-25-19(29-18)28-11-16-23-15-7-2-1-6-14(15)17(27)26(16)9-8-21/h1-7,10H,9,11H2,(H,22,24). The fourth-order valence-corrected chi connectivity index (χ4v) is 4.81. The van der Waals surface area contributed by atoms with Gasteiger partial charge in [-0.2, -0.15) is 5.26 Å². The lowest BCUT2D eigenvalue weighted by atomic mass is 10.2. The first-order valence-electron chi connectivity index (χ1n) is 8.48. The molecule has 0 saturated heterocycles. The molecule has 0 radical (unpaired) electrons. The van der Waals surface area contributed by atoms with Crippen LogP contribution in [0.25, 0.3) is 10.9 Å². The zero-order valence-electron chi connectivity index (χ0n) is 14.9. The van der Waals surface area contributed by atoms with E-state index in [4.69, 9.17) is 5.26 Å². The highest BCUT2D eigenvalue weighted by Crippen LogP contribution is 2.30. The molecule has 0 unspecified atom stereocenters. The normalized spacial score (nSPS) is 10.8. The summed E-state index contributed by atoms with van der Waals surface area (Å²) in [6.07, 6.45) is 0. The Balaban J connectivity index is 1.54. The number of nitrogens with one attached hydrogen (secondary N) is 1. The molecule has 4 aromatic rings. The molecule has 0 aliphatic heterocycles. The second-order valence-corrected chi connectivity index (χ2v) is 9.01. The van der Waals surface area contributed by atoms with Gasteiger partial charge >= 0.3 is 0 Å². The third kappa shape index (κ3) is 4.48. The molecule has 0 aliphatic carbocycles. The molecule has 0 spiro atoms. The molecule has 0 atom stereocenters. The van der Waals surface area contributed by atoms with Gasteiger partial charge in [0.1, 0.15) is 12.4 Å². The Hall–Kier alpha value is -2.74. The Kier molecular flexibility index (Phi) is 5.89. The van der Waals surface area contributed by atoms with Crippen molar-refractivity contribution in [2.45, 2.75) is 16.6 Å². The van der Waals surface area contributed by atoms with Crippen LogP contribution in [0.1, 0.15) is 5.82 Å². The van der Waals surface area contributed by atoms with Gasteiger partial charge in [0.15, 0.2) is 4.34 Å². The van der Waals surface area contributed by atoms with Crippen molar-refractivity contribution in [2.75, 3.05) is 5.32 Å². The second-order valence-electron chi connectivity index (χ2n) is 5.89. The quantitative estimate of drug-likeness (QED) is 0.400. The van der Waals surface area contributed by atoms with Gasteiger partial charge in [0, 0.05) is 10.2 Å². The first-order valence-corrected chi connectivity index (χ1v) is 11.1. The first-order chi connectivity index (χ1) is 14.1. The number of fused-ring (bicyclic) bond motifs is 1. The number of anilines is 2. The van der Waals surface area contributed by atoms with Crippen molar-refractivity contribution in [3.8, 4) is 6.07 Å². The van der Waals surface area contributed by atoms with Crippen LogP contribution in [-0.2, 0) is 12.3 Å². The van der Waals surface area contributed by atoms with Crippen LogP contribution in [0.4, 0.5) is 10.8 Å². The summed E-state index contributed by atoms with van der Waals surface area (Å²) >= 11 is 6.28. The number of benzene rings is 2. The SMILES string of the molecule is N#CCn1c(CSc2nnc(Nc3cccc(Br)c3)s2)nc2ccccc2c1=O. The van der Waals surface area contributed by atoms with E-state index in [0.717, 1.165) is 14.5 Å². The molecule has 2 aromatic carbocycles. The van der Waals surface area contributed by atoms with E-state index < -0.39 is 0 Å². The minimum absolute atomic E-state index is 0.0433. The molecular weight excluding hydrogens is 472 g/mol. The van der Waals surface area contributed by atoms with Gasteiger partial charge in [-0.3, -0.25) is 9.36 Å². The minimum Gasteiger partial charge on any atom is -0.330 e. The third-order valence-electron chi connectivity index (χ3n) is 3.98. The Morgan fingerprint density at radius 2 is 2.07 bits per heavy atom. The lowest BCUT2D eigenvalue weighted by Gasteiger charge is -2.09. The fraction of sp³-hybridized carbons (Fsp3) is 0.105. The fourth-order valence-electron chi connectivity index (χ4n) is 2.69. The number of hydrogen-bond acceptors (Lipinski definition) is 8. The van der Waals surface area contributed by atoms with Crippen LogP contribution < -0.4 is 10.9 Å². The predicted octanol–water partition coefficient (Wildman–Crippen LogP) is 4.57. The number of hydrogen-bond donors (Lipinski definition) is 1. The topological polar surface area (TPSA) is 96.5 Å². The van der Waals surface area contributed by atoms with Crippen LogP contribution in [0, 0.1) is 11.3 Å². The molecule has 2 aromatic heterocycles. The predicted molar refractivity (Wildman–Crippen MR) is 119 cm³/mol. The summed E-state index contributed by atoms with van der Waals surface area (Å²) in [5.41, 5.74) is 1.32. The van der Waals surface area contributed by atoms with E-state index in [9.17, 15) is 4.79 Å². The molecule has 0 bridgehead atoms. The zero-order valence-corrected chi connectivity index (χ0v) is 18.1. The second kappa shape index (κ2) is 8.73. The maximum Gasteiger partial charge on any atom is 0.262 e. The van der Waals surface area contributed by atoms with Crippen molar-refractivity contribution < 1.29 is 0 Å². The maximum absolute atomic E-state index is 12.7. The molecular formula is C19H13BrN6OS2. The van der Waals surface area contributed by atoms with Crippen molar-refractivity contribution in [3.05, 3.63) is 69.2 Å². The van der Waals surface area contributed by atoms with Gasteiger partial charge in [0.05, 0.1) is 22.7 Å². The molecule has 2 heterocycles. The summed E-state index contributed by atoms with van der Waals surface area (Å²) in [7, 11) is 0. The van der Waals surface area contributed by atoms with Gasteiger partial charge < -0.3 is 5.32 Å². The van der Waals surface area contributed by atoms with Crippen LogP contribution in [0.2, 0.25) is 0 Å². The Labute approximate surface area is 182 Å². The highest BCUT2D eigenvalue weighted by molar-refractivity contribution is 9.10. The van der Waals surface area contributed by atoms with Crippen molar-refractivity contribution in [3.63, 3.8) is 0 Å². The Bertz CT molecular complexity index is 1280. The van der Waals surface area contributed by atoms with Crippen LogP contribution in [0.15, 0.2) is 62.1 Å². The molecule has 7 nitrogen and oxygen atoms in total. The van der Waals surface area contributed by atoms with Gasteiger partial charge in [-0.1, -0.05) is 57.2 Å². The zero-order chi connectivity index (χ0) is 20.2. The number of aromatic nitrogens is 4. The van der Waals surface area contributed by atoms with Crippen LogP contribution >= 0.6 is 39.0 Å². The van der Waals surface area contributed by atoms with E-state index >= 15 is 0 Å². The number of halogens is 1. The molecule has 29 heavy (non-hydrogen) atoms. The Morgan fingerprint density at radius 3 is 2.90 bits per heavy atom. The van der Waals surface area contributed by atoms with E-state index in [2.05, 4.69) is 36.4 Å². The van der Waals surface area contributed by atoms with E-state index in [1.165, 1.54) is 27.7 Å². The summed E-state index contributed by atoms with van der Waals surface area (Å²) in [4.78, 5) is 17.3. The van der Waals surface area contributed by atoms with Crippen molar-refractivity contribution in [2.24, 2.45) is 0 Å². The number of thioether (sulfide) groups is 1. The molecule has 4 rings (SSSR count). The van der Waals surface area contributed by atoms with Gasteiger partial charge in [0.2, 0.25) is 5.13 Å². The average Bonchev–Trinajstić information content (AvgIpc) is 3.16.